The Labute approximate surface area is 179 Å². The SMILES string of the molecule is CC12CCC(O)CC1=CC(O)C1C2CCC2(C)C1CCC2n1cnc2ccccc21. The highest BCUT2D eigenvalue weighted by molar-refractivity contribution is 5.75. The van der Waals surface area contributed by atoms with E-state index in [0.29, 0.717) is 23.8 Å². The molecule has 0 saturated heterocycles. The fraction of sp³-hybridized carbons (Fsp3) is 0.654. The summed E-state index contributed by atoms with van der Waals surface area (Å²) in [6.45, 7) is 4.91. The molecule has 30 heavy (non-hydrogen) atoms. The molecule has 3 fully saturated rings. The molecule has 2 N–H and O–H groups in total. The van der Waals surface area contributed by atoms with Gasteiger partial charge in [-0.2, -0.15) is 0 Å². The van der Waals surface area contributed by atoms with Gasteiger partial charge in [0.1, 0.15) is 0 Å². The largest absolute Gasteiger partial charge is 0.393 e. The summed E-state index contributed by atoms with van der Waals surface area (Å²) >= 11 is 0. The molecule has 4 aliphatic carbocycles. The molecule has 4 aliphatic rings. The molecule has 3 saturated carbocycles. The van der Waals surface area contributed by atoms with Gasteiger partial charge in [-0.05, 0) is 85.7 Å². The van der Waals surface area contributed by atoms with Crippen LogP contribution in [-0.4, -0.2) is 32.0 Å². The van der Waals surface area contributed by atoms with E-state index in [0.717, 1.165) is 24.8 Å². The standard InChI is InChI=1S/C26H34N2O2/c1-25-11-9-17(29)13-16(25)14-22(30)24-18-7-8-23(26(18,2)12-10-19(24)25)28-15-27-20-5-3-4-6-21(20)28/h3-6,14-15,17-19,22-24,29-30H,7-13H2,1-2H3. The molecule has 0 aliphatic heterocycles. The van der Waals surface area contributed by atoms with Gasteiger partial charge in [0.15, 0.2) is 0 Å². The Morgan fingerprint density at radius 2 is 1.83 bits per heavy atom. The van der Waals surface area contributed by atoms with Crippen LogP contribution < -0.4 is 0 Å². The maximum Gasteiger partial charge on any atom is 0.0961 e. The van der Waals surface area contributed by atoms with Crippen LogP contribution in [-0.2, 0) is 0 Å². The molecule has 0 radical (unpaired) electrons. The Morgan fingerprint density at radius 3 is 2.70 bits per heavy atom. The van der Waals surface area contributed by atoms with E-state index in [4.69, 9.17) is 0 Å². The monoisotopic (exact) mass is 406 g/mol. The second-order valence-electron chi connectivity index (χ2n) is 11.1. The summed E-state index contributed by atoms with van der Waals surface area (Å²) in [6.07, 6.45) is 11.1. The quantitative estimate of drug-likeness (QED) is 0.664. The van der Waals surface area contributed by atoms with Crippen molar-refractivity contribution in [2.75, 3.05) is 0 Å². The summed E-state index contributed by atoms with van der Waals surface area (Å²) < 4.78 is 2.44. The maximum atomic E-state index is 11.3. The molecule has 4 heteroatoms. The van der Waals surface area contributed by atoms with E-state index >= 15 is 0 Å². The van der Waals surface area contributed by atoms with Crippen molar-refractivity contribution in [1.29, 1.82) is 0 Å². The molecule has 2 aromatic rings. The Bertz CT molecular complexity index is 1010. The molecule has 8 atom stereocenters. The molecular weight excluding hydrogens is 372 g/mol. The number of rotatable bonds is 1. The fourth-order valence-corrected chi connectivity index (χ4v) is 8.29. The van der Waals surface area contributed by atoms with Crippen molar-refractivity contribution in [3.63, 3.8) is 0 Å². The van der Waals surface area contributed by atoms with Crippen LogP contribution in [0.3, 0.4) is 0 Å². The normalized spacial score (nSPS) is 45.5. The number of nitrogens with zero attached hydrogens (tertiary/aromatic N) is 2. The van der Waals surface area contributed by atoms with Gasteiger partial charge < -0.3 is 14.8 Å². The lowest BCUT2D eigenvalue weighted by Gasteiger charge is -2.59. The molecule has 0 amide bonds. The first-order chi connectivity index (χ1) is 14.4. The summed E-state index contributed by atoms with van der Waals surface area (Å²) in [5.74, 6) is 1.42. The number of fused-ring (bicyclic) bond motifs is 6. The van der Waals surface area contributed by atoms with E-state index in [9.17, 15) is 10.2 Å². The van der Waals surface area contributed by atoms with Gasteiger partial charge in [-0.3, -0.25) is 0 Å². The molecule has 1 aromatic carbocycles. The van der Waals surface area contributed by atoms with E-state index < -0.39 is 0 Å². The lowest BCUT2D eigenvalue weighted by molar-refractivity contribution is -0.0902. The van der Waals surface area contributed by atoms with Crippen molar-refractivity contribution < 1.29 is 10.2 Å². The second-order valence-corrected chi connectivity index (χ2v) is 11.1. The molecule has 1 heterocycles. The molecule has 1 aromatic heterocycles. The minimum Gasteiger partial charge on any atom is -0.393 e. The van der Waals surface area contributed by atoms with Crippen molar-refractivity contribution in [3.8, 4) is 0 Å². The Balaban J connectivity index is 1.38. The molecule has 0 bridgehead atoms. The lowest BCUT2D eigenvalue weighted by atomic mass is 9.47. The molecular formula is C26H34N2O2. The fourth-order valence-electron chi connectivity index (χ4n) is 8.29. The maximum absolute atomic E-state index is 11.3. The third-order valence-electron chi connectivity index (χ3n) is 9.87. The van der Waals surface area contributed by atoms with Crippen LogP contribution in [0.4, 0.5) is 0 Å². The summed E-state index contributed by atoms with van der Waals surface area (Å²) in [6, 6.07) is 8.93. The first-order valence-electron chi connectivity index (χ1n) is 11.9. The number of para-hydroxylation sites is 2. The number of hydrogen-bond acceptors (Lipinski definition) is 3. The van der Waals surface area contributed by atoms with Crippen molar-refractivity contribution in [2.45, 2.75) is 77.0 Å². The van der Waals surface area contributed by atoms with E-state index in [-0.39, 0.29) is 23.0 Å². The summed E-state index contributed by atoms with van der Waals surface area (Å²) in [5, 5.41) is 21.5. The van der Waals surface area contributed by atoms with Gasteiger partial charge in [0, 0.05) is 6.04 Å². The zero-order chi connectivity index (χ0) is 20.7. The average molecular weight is 407 g/mol. The topological polar surface area (TPSA) is 58.3 Å². The number of aliphatic hydroxyl groups is 2. The summed E-state index contributed by atoms with van der Waals surface area (Å²) in [5.41, 5.74) is 4.00. The highest BCUT2D eigenvalue weighted by Crippen LogP contribution is 2.67. The highest BCUT2D eigenvalue weighted by Gasteiger charge is 2.61. The number of aromatic nitrogens is 2. The van der Waals surface area contributed by atoms with E-state index in [1.54, 1.807) is 0 Å². The van der Waals surface area contributed by atoms with Gasteiger partial charge in [-0.15, -0.1) is 0 Å². The third kappa shape index (κ3) is 2.44. The Morgan fingerprint density at radius 1 is 1.00 bits per heavy atom. The summed E-state index contributed by atoms with van der Waals surface area (Å²) in [7, 11) is 0. The molecule has 8 unspecified atom stereocenters. The van der Waals surface area contributed by atoms with Gasteiger partial charge >= 0.3 is 0 Å². The van der Waals surface area contributed by atoms with Crippen molar-refractivity contribution in [3.05, 3.63) is 42.2 Å². The van der Waals surface area contributed by atoms with Crippen LogP contribution in [0.1, 0.15) is 64.8 Å². The van der Waals surface area contributed by atoms with Crippen molar-refractivity contribution in [2.24, 2.45) is 28.6 Å². The first kappa shape index (κ1) is 19.1. The van der Waals surface area contributed by atoms with E-state index in [1.807, 2.05) is 6.33 Å². The second kappa shape index (κ2) is 6.43. The first-order valence-corrected chi connectivity index (χ1v) is 11.9. The molecule has 0 spiro atoms. The number of imidazole rings is 1. The van der Waals surface area contributed by atoms with E-state index in [2.05, 4.69) is 53.7 Å². The predicted molar refractivity (Wildman–Crippen MR) is 118 cm³/mol. The zero-order valence-electron chi connectivity index (χ0n) is 18.2. The van der Waals surface area contributed by atoms with Crippen molar-refractivity contribution >= 4 is 11.0 Å². The highest BCUT2D eigenvalue weighted by atomic mass is 16.3. The Kier molecular flexibility index (Phi) is 4.09. The van der Waals surface area contributed by atoms with E-state index in [1.165, 1.54) is 36.8 Å². The van der Waals surface area contributed by atoms with Crippen molar-refractivity contribution in [1.82, 2.24) is 9.55 Å². The molecule has 6 rings (SSSR count). The zero-order valence-corrected chi connectivity index (χ0v) is 18.2. The minimum absolute atomic E-state index is 0.157. The van der Waals surface area contributed by atoms with Gasteiger partial charge in [-0.25, -0.2) is 4.98 Å². The molecule has 160 valence electrons. The number of benzene rings is 1. The van der Waals surface area contributed by atoms with Gasteiger partial charge in [-0.1, -0.05) is 37.6 Å². The van der Waals surface area contributed by atoms with Gasteiger partial charge in [0.2, 0.25) is 0 Å². The number of hydrogen-bond donors (Lipinski definition) is 2. The van der Waals surface area contributed by atoms with Crippen LogP contribution >= 0.6 is 0 Å². The smallest absolute Gasteiger partial charge is 0.0961 e. The third-order valence-corrected chi connectivity index (χ3v) is 9.87. The van der Waals surface area contributed by atoms with Crippen LogP contribution in [0.25, 0.3) is 11.0 Å². The van der Waals surface area contributed by atoms with Crippen LogP contribution in [0, 0.1) is 28.6 Å². The minimum atomic E-state index is -0.369. The van der Waals surface area contributed by atoms with Crippen LogP contribution in [0.2, 0.25) is 0 Å². The van der Waals surface area contributed by atoms with Crippen LogP contribution in [0.15, 0.2) is 42.2 Å². The van der Waals surface area contributed by atoms with Gasteiger partial charge in [0.05, 0.1) is 29.6 Å². The van der Waals surface area contributed by atoms with Gasteiger partial charge in [0.25, 0.3) is 0 Å². The lowest BCUT2D eigenvalue weighted by Crippen LogP contribution is -2.54. The molecule has 4 nitrogen and oxygen atoms in total. The predicted octanol–water partition coefficient (Wildman–Crippen LogP) is 4.87. The Hall–Kier alpha value is -1.65. The average Bonchev–Trinajstić information content (AvgIpc) is 3.30. The van der Waals surface area contributed by atoms with Crippen LogP contribution in [0.5, 0.6) is 0 Å². The number of aliphatic hydroxyl groups excluding tert-OH is 2. The summed E-state index contributed by atoms with van der Waals surface area (Å²) in [4.78, 5) is 4.68.